The Balaban J connectivity index is 1.59. The number of ether oxygens (including phenoxy) is 1. The first-order valence-corrected chi connectivity index (χ1v) is 8.03. The van der Waals surface area contributed by atoms with E-state index in [4.69, 9.17) is 4.74 Å². The second kappa shape index (κ2) is 6.11. The molecule has 1 aromatic rings. The van der Waals surface area contributed by atoms with Crippen LogP contribution >= 0.6 is 11.3 Å². The van der Waals surface area contributed by atoms with E-state index in [2.05, 4.69) is 10.2 Å². The minimum atomic E-state index is 0.112. The van der Waals surface area contributed by atoms with Crippen molar-refractivity contribution in [3.05, 3.63) is 16.3 Å². The molecule has 110 valence electrons. The van der Waals surface area contributed by atoms with Crippen LogP contribution in [0.3, 0.4) is 0 Å². The number of carbonyl (C=O) groups is 1. The van der Waals surface area contributed by atoms with Crippen molar-refractivity contribution in [3.63, 3.8) is 0 Å². The molecular weight excluding hydrogens is 274 g/mol. The number of rotatable bonds is 3. The molecule has 2 fully saturated rings. The fraction of sp³-hybridized carbons (Fsp3) is 0.643. The van der Waals surface area contributed by atoms with E-state index in [0.29, 0.717) is 11.8 Å². The van der Waals surface area contributed by atoms with Crippen LogP contribution in [0.1, 0.15) is 16.1 Å². The molecule has 1 atom stereocenters. The molecule has 3 rings (SSSR count). The van der Waals surface area contributed by atoms with E-state index in [1.54, 1.807) is 7.11 Å². The predicted molar refractivity (Wildman–Crippen MR) is 79.6 cm³/mol. The van der Waals surface area contributed by atoms with E-state index in [9.17, 15) is 4.79 Å². The van der Waals surface area contributed by atoms with Gasteiger partial charge in [-0.1, -0.05) is 0 Å². The van der Waals surface area contributed by atoms with Gasteiger partial charge in [0.1, 0.15) is 10.6 Å². The summed E-state index contributed by atoms with van der Waals surface area (Å²) in [5, 5.41) is 5.31. The number of piperazine rings is 1. The first-order valence-electron chi connectivity index (χ1n) is 7.15. The average molecular weight is 295 g/mol. The molecule has 2 saturated heterocycles. The maximum atomic E-state index is 12.5. The summed E-state index contributed by atoms with van der Waals surface area (Å²) in [6.07, 6.45) is 1.23. The van der Waals surface area contributed by atoms with E-state index < -0.39 is 0 Å². The van der Waals surface area contributed by atoms with Gasteiger partial charge in [-0.2, -0.15) is 0 Å². The first-order chi connectivity index (χ1) is 9.79. The van der Waals surface area contributed by atoms with Crippen LogP contribution in [0.4, 0.5) is 0 Å². The van der Waals surface area contributed by atoms with Gasteiger partial charge in [-0.3, -0.25) is 9.69 Å². The molecule has 1 amide bonds. The number of methoxy groups -OCH3 is 1. The van der Waals surface area contributed by atoms with Crippen molar-refractivity contribution in [3.8, 4) is 5.75 Å². The van der Waals surface area contributed by atoms with E-state index in [-0.39, 0.29) is 5.91 Å². The van der Waals surface area contributed by atoms with Crippen LogP contribution in [0.25, 0.3) is 0 Å². The highest BCUT2D eigenvalue weighted by molar-refractivity contribution is 7.12. The standard InChI is InChI=1S/C14H21N3O2S/c1-19-12-3-9-20-13(12)14(18)17-7-5-16(6-8-17)11-2-4-15-10-11/h3,9,11,15H,2,4-8,10H2,1H3. The van der Waals surface area contributed by atoms with Crippen LogP contribution in [0.5, 0.6) is 5.75 Å². The zero-order chi connectivity index (χ0) is 13.9. The Labute approximate surface area is 123 Å². The van der Waals surface area contributed by atoms with Gasteiger partial charge in [0.2, 0.25) is 0 Å². The Morgan fingerprint density at radius 1 is 1.40 bits per heavy atom. The maximum absolute atomic E-state index is 12.5. The minimum absolute atomic E-state index is 0.112. The molecule has 1 unspecified atom stereocenters. The van der Waals surface area contributed by atoms with E-state index >= 15 is 0 Å². The quantitative estimate of drug-likeness (QED) is 0.899. The van der Waals surface area contributed by atoms with Crippen LogP contribution in [-0.2, 0) is 0 Å². The molecule has 0 spiro atoms. The summed E-state index contributed by atoms with van der Waals surface area (Å²) in [5.41, 5.74) is 0. The zero-order valence-electron chi connectivity index (χ0n) is 11.8. The molecule has 5 nitrogen and oxygen atoms in total. The van der Waals surface area contributed by atoms with E-state index in [1.807, 2.05) is 16.3 Å². The van der Waals surface area contributed by atoms with Gasteiger partial charge in [-0.05, 0) is 24.4 Å². The predicted octanol–water partition coefficient (Wildman–Crippen LogP) is 0.876. The number of amides is 1. The lowest BCUT2D eigenvalue weighted by molar-refractivity contribution is 0.0585. The Bertz CT molecular complexity index is 463. The Kier molecular flexibility index (Phi) is 4.24. The molecule has 0 aliphatic carbocycles. The van der Waals surface area contributed by atoms with Gasteiger partial charge in [0.25, 0.3) is 5.91 Å². The highest BCUT2D eigenvalue weighted by Crippen LogP contribution is 2.26. The number of nitrogens with one attached hydrogen (secondary N) is 1. The van der Waals surface area contributed by atoms with Gasteiger partial charge in [0.15, 0.2) is 0 Å². The molecule has 1 aromatic heterocycles. The van der Waals surface area contributed by atoms with Gasteiger partial charge in [-0.15, -0.1) is 11.3 Å². The fourth-order valence-corrected chi connectivity index (χ4v) is 3.82. The van der Waals surface area contributed by atoms with Crippen molar-refractivity contribution < 1.29 is 9.53 Å². The summed E-state index contributed by atoms with van der Waals surface area (Å²) in [4.78, 5) is 17.7. The SMILES string of the molecule is COc1ccsc1C(=O)N1CCN(C2CCNC2)CC1. The second-order valence-electron chi connectivity index (χ2n) is 5.29. The number of hydrogen-bond donors (Lipinski definition) is 1. The average Bonchev–Trinajstić information content (AvgIpc) is 3.17. The number of thiophene rings is 1. The molecular formula is C14H21N3O2S. The van der Waals surface area contributed by atoms with Gasteiger partial charge >= 0.3 is 0 Å². The molecule has 3 heterocycles. The highest BCUT2D eigenvalue weighted by Gasteiger charge is 2.29. The number of hydrogen-bond acceptors (Lipinski definition) is 5. The van der Waals surface area contributed by atoms with E-state index in [0.717, 1.165) is 44.1 Å². The summed E-state index contributed by atoms with van der Waals surface area (Å²) >= 11 is 1.46. The summed E-state index contributed by atoms with van der Waals surface area (Å²) < 4.78 is 5.24. The molecule has 20 heavy (non-hydrogen) atoms. The lowest BCUT2D eigenvalue weighted by Crippen LogP contribution is -2.52. The lowest BCUT2D eigenvalue weighted by Gasteiger charge is -2.37. The van der Waals surface area contributed by atoms with Crippen LogP contribution in [-0.4, -0.2) is 68.1 Å². The third-order valence-corrected chi connectivity index (χ3v) is 5.08. The summed E-state index contributed by atoms with van der Waals surface area (Å²) in [5.74, 6) is 0.809. The van der Waals surface area contributed by atoms with Crippen molar-refractivity contribution >= 4 is 17.2 Å². The van der Waals surface area contributed by atoms with Crippen molar-refractivity contribution in [2.24, 2.45) is 0 Å². The van der Waals surface area contributed by atoms with Crippen molar-refractivity contribution in [2.45, 2.75) is 12.5 Å². The van der Waals surface area contributed by atoms with Gasteiger partial charge in [-0.25, -0.2) is 0 Å². The molecule has 0 saturated carbocycles. The number of nitrogens with zero attached hydrogens (tertiary/aromatic N) is 2. The van der Waals surface area contributed by atoms with Crippen molar-refractivity contribution in [1.82, 2.24) is 15.1 Å². The normalized spacial score (nSPS) is 24.1. The third kappa shape index (κ3) is 2.68. The smallest absolute Gasteiger partial charge is 0.267 e. The van der Waals surface area contributed by atoms with Crippen LogP contribution < -0.4 is 10.1 Å². The summed E-state index contributed by atoms with van der Waals surface area (Å²) in [7, 11) is 1.61. The highest BCUT2D eigenvalue weighted by atomic mass is 32.1. The third-order valence-electron chi connectivity index (χ3n) is 4.20. The minimum Gasteiger partial charge on any atom is -0.495 e. The summed E-state index contributed by atoms with van der Waals surface area (Å²) in [6, 6.07) is 2.52. The Morgan fingerprint density at radius 3 is 2.85 bits per heavy atom. The largest absolute Gasteiger partial charge is 0.495 e. The van der Waals surface area contributed by atoms with Crippen LogP contribution in [0.2, 0.25) is 0 Å². The Hall–Kier alpha value is -1.11. The molecule has 0 aromatic carbocycles. The topological polar surface area (TPSA) is 44.8 Å². The van der Waals surface area contributed by atoms with Gasteiger partial charge < -0.3 is 15.0 Å². The van der Waals surface area contributed by atoms with Crippen molar-refractivity contribution in [1.29, 1.82) is 0 Å². The molecule has 0 radical (unpaired) electrons. The monoisotopic (exact) mass is 295 g/mol. The van der Waals surface area contributed by atoms with Crippen LogP contribution in [0.15, 0.2) is 11.4 Å². The molecule has 2 aliphatic heterocycles. The van der Waals surface area contributed by atoms with E-state index in [1.165, 1.54) is 17.8 Å². The summed E-state index contributed by atoms with van der Waals surface area (Å²) in [6.45, 7) is 5.80. The molecule has 6 heteroatoms. The van der Waals surface area contributed by atoms with Gasteiger partial charge in [0.05, 0.1) is 7.11 Å². The second-order valence-corrected chi connectivity index (χ2v) is 6.21. The Morgan fingerprint density at radius 2 is 2.20 bits per heavy atom. The zero-order valence-corrected chi connectivity index (χ0v) is 12.6. The van der Waals surface area contributed by atoms with Gasteiger partial charge in [0, 0.05) is 38.8 Å². The number of carbonyl (C=O) groups excluding carboxylic acids is 1. The first kappa shape index (κ1) is 13.9. The fourth-order valence-electron chi connectivity index (χ4n) is 3.00. The lowest BCUT2D eigenvalue weighted by atomic mass is 10.2. The molecule has 1 N–H and O–H groups in total. The van der Waals surface area contributed by atoms with Crippen molar-refractivity contribution in [2.75, 3.05) is 46.4 Å². The maximum Gasteiger partial charge on any atom is 0.267 e. The molecule has 2 aliphatic rings. The molecule has 0 bridgehead atoms. The van der Waals surface area contributed by atoms with Crippen LogP contribution in [0, 0.1) is 0 Å².